The van der Waals surface area contributed by atoms with E-state index in [9.17, 15) is 4.79 Å². The summed E-state index contributed by atoms with van der Waals surface area (Å²) in [5.41, 5.74) is 3.34. The Balaban J connectivity index is 1.68. The summed E-state index contributed by atoms with van der Waals surface area (Å²) in [5, 5.41) is 3.11. The molecule has 0 amide bonds. The fourth-order valence-corrected chi connectivity index (χ4v) is 2.51. The number of aliphatic imine (C=N–C) groups is 1. The van der Waals surface area contributed by atoms with Crippen molar-refractivity contribution in [1.82, 2.24) is 19.3 Å². The van der Waals surface area contributed by atoms with Gasteiger partial charge in [-0.15, -0.1) is 0 Å². The van der Waals surface area contributed by atoms with Gasteiger partial charge in [-0.2, -0.15) is 0 Å². The molecule has 2 heterocycles. The maximum Gasteiger partial charge on any atom is 0.280 e. The topological polar surface area (TPSA) is 68.0 Å². The molecule has 0 atom stereocenters. The molecule has 0 spiro atoms. The second kappa shape index (κ2) is 7.12. The van der Waals surface area contributed by atoms with Gasteiger partial charge >= 0.3 is 0 Å². The molecule has 1 N–H and O–H groups in total. The van der Waals surface area contributed by atoms with E-state index in [1.54, 1.807) is 23.4 Å². The predicted molar refractivity (Wildman–Crippen MR) is 95.2 cm³/mol. The quantitative estimate of drug-likeness (QED) is 0.559. The van der Waals surface area contributed by atoms with Gasteiger partial charge in [0.1, 0.15) is 0 Å². The van der Waals surface area contributed by atoms with Crippen LogP contribution in [0.5, 0.6) is 0 Å². The Kier molecular flexibility index (Phi) is 4.74. The lowest BCUT2D eigenvalue weighted by atomic mass is 10.2. The summed E-state index contributed by atoms with van der Waals surface area (Å²) in [6.45, 7) is 5.46. The van der Waals surface area contributed by atoms with Gasteiger partial charge in [0.05, 0.1) is 17.6 Å². The number of hydrogen-bond acceptors (Lipinski definition) is 3. The molecular formula is C18H21N5O. The molecule has 0 radical (unpaired) electrons. The van der Waals surface area contributed by atoms with Crippen LogP contribution in [-0.2, 0) is 6.54 Å². The molecule has 0 aliphatic heterocycles. The molecule has 0 fully saturated rings. The highest BCUT2D eigenvalue weighted by Gasteiger charge is 2.10. The highest BCUT2D eigenvalue weighted by molar-refractivity contribution is 5.80. The van der Waals surface area contributed by atoms with Crippen LogP contribution in [0.3, 0.4) is 0 Å². The van der Waals surface area contributed by atoms with Crippen LogP contribution in [0.15, 0.2) is 52.8 Å². The number of rotatable bonds is 6. The fraction of sp³-hybridized carbons (Fsp3) is 0.278. The number of aromatic nitrogens is 4. The van der Waals surface area contributed by atoms with Crippen LogP contribution in [0.2, 0.25) is 0 Å². The highest BCUT2D eigenvalue weighted by Crippen LogP contribution is 2.08. The zero-order valence-electron chi connectivity index (χ0n) is 13.9. The largest absolute Gasteiger partial charge is 0.337 e. The predicted octanol–water partition coefficient (Wildman–Crippen LogP) is 2.49. The van der Waals surface area contributed by atoms with Gasteiger partial charge in [0, 0.05) is 37.4 Å². The van der Waals surface area contributed by atoms with E-state index >= 15 is 0 Å². The second-order valence-electron chi connectivity index (χ2n) is 5.82. The number of aromatic amines is 1. The Morgan fingerprint density at radius 1 is 1.25 bits per heavy atom. The number of aryl methyl sites for hydroxylation is 3. The van der Waals surface area contributed by atoms with Crippen LogP contribution < -0.4 is 5.56 Å². The molecular weight excluding hydrogens is 302 g/mol. The number of benzene rings is 1. The molecule has 6 heteroatoms. The number of nitrogens with one attached hydrogen (secondary N) is 1. The normalized spacial score (nSPS) is 11.4. The monoisotopic (exact) mass is 323 g/mol. The fourth-order valence-electron chi connectivity index (χ4n) is 2.51. The molecule has 0 aliphatic rings. The van der Waals surface area contributed by atoms with E-state index in [-0.39, 0.29) is 5.56 Å². The number of H-pyrrole nitrogens is 1. The van der Waals surface area contributed by atoms with Crippen LogP contribution in [0, 0.1) is 13.8 Å². The molecule has 1 aromatic carbocycles. The zero-order chi connectivity index (χ0) is 16.9. The van der Waals surface area contributed by atoms with Crippen LogP contribution >= 0.6 is 0 Å². The molecule has 2 aromatic heterocycles. The first-order chi connectivity index (χ1) is 11.6. The van der Waals surface area contributed by atoms with E-state index in [0.29, 0.717) is 12.1 Å². The molecule has 3 rings (SSSR count). The highest BCUT2D eigenvalue weighted by atomic mass is 16.1. The minimum absolute atomic E-state index is 0.0743. The zero-order valence-corrected chi connectivity index (χ0v) is 13.9. The number of nitrogens with zero attached hydrogens (tertiary/aromatic N) is 4. The summed E-state index contributed by atoms with van der Waals surface area (Å²) in [6, 6.07) is 7.83. The van der Waals surface area contributed by atoms with Crippen molar-refractivity contribution in [2.45, 2.75) is 26.8 Å². The van der Waals surface area contributed by atoms with Crippen molar-refractivity contribution in [1.29, 1.82) is 0 Å². The number of imidazole rings is 1. The molecule has 0 saturated carbocycles. The van der Waals surface area contributed by atoms with E-state index in [1.165, 1.54) is 0 Å². The summed E-state index contributed by atoms with van der Waals surface area (Å²) < 4.78 is 3.57. The Morgan fingerprint density at radius 3 is 2.75 bits per heavy atom. The van der Waals surface area contributed by atoms with E-state index in [0.717, 1.165) is 29.9 Å². The van der Waals surface area contributed by atoms with Gasteiger partial charge in [-0.25, -0.2) is 9.67 Å². The Labute approximate surface area is 140 Å². The average molecular weight is 323 g/mol. The Morgan fingerprint density at radius 2 is 2.04 bits per heavy atom. The van der Waals surface area contributed by atoms with Crippen molar-refractivity contribution in [2.75, 3.05) is 6.54 Å². The standard InChI is InChI=1S/C18H21N5O/c1-14-4-6-16(7-5-14)23-18(24)17(15(2)21-23)12-19-8-3-10-22-11-9-20-13-22/h4-7,9,11-13,21H,3,8,10H2,1-2H3. The van der Waals surface area contributed by atoms with Gasteiger partial charge in [-0.1, -0.05) is 17.7 Å². The minimum atomic E-state index is -0.0743. The van der Waals surface area contributed by atoms with Crippen molar-refractivity contribution in [3.63, 3.8) is 0 Å². The van der Waals surface area contributed by atoms with Gasteiger partial charge in [0.2, 0.25) is 0 Å². The van der Waals surface area contributed by atoms with Crippen LogP contribution in [-0.4, -0.2) is 32.1 Å². The van der Waals surface area contributed by atoms with Crippen molar-refractivity contribution in [2.24, 2.45) is 4.99 Å². The lowest BCUT2D eigenvalue weighted by molar-refractivity contribution is 0.651. The summed E-state index contributed by atoms with van der Waals surface area (Å²) >= 11 is 0. The molecule has 6 nitrogen and oxygen atoms in total. The van der Waals surface area contributed by atoms with E-state index < -0.39 is 0 Å². The molecule has 0 aliphatic carbocycles. The van der Waals surface area contributed by atoms with Crippen LogP contribution in [0.1, 0.15) is 23.2 Å². The third kappa shape index (κ3) is 3.53. The van der Waals surface area contributed by atoms with Crippen molar-refractivity contribution >= 4 is 6.21 Å². The summed E-state index contributed by atoms with van der Waals surface area (Å²) in [7, 11) is 0. The average Bonchev–Trinajstić information content (AvgIpc) is 3.18. The Hall–Kier alpha value is -2.89. The third-order valence-electron chi connectivity index (χ3n) is 3.89. The summed E-state index contributed by atoms with van der Waals surface area (Å²) in [5.74, 6) is 0. The lowest BCUT2D eigenvalue weighted by Gasteiger charge is -2.01. The smallest absolute Gasteiger partial charge is 0.280 e. The van der Waals surface area contributed by atoms with E-state index in [4.69, 9.17) is 0 Å². The van der Waals surface area contributed by atoms with Crippen molar-refractivity contribution in [3.05, 3.63) is 70.2 Å². The SMILES string of the molecule is Cc1ccc(-n2[nH]c(C)c(C=NCCCn3ccnc3)c2=O)cc1. The summed E-state index contributed by atoms with van der Waals surface area (Å²) in [4.78, 5) is 21.0. The maximum absolute atomic E-state index is 12.6. The molecule has 3 aromatic rings. The van der Waals surface area contributed by atoms with E-state index in [2.05, 4.69) is 15.1 Å². The molecule has 0 unspecified atom stereocenters. The Bertz CT molecular complexity index is 869. The van der Waals surface area contributed by atoms with Crippen molar-refractivity contribution in [3.8, 4) is 5.69 Å². The van der Waals surface area contributed by atoms with Gasteiger partial charge in [0.15, 0.2) is 0 Å². The maximum atomic E-state index is 12.6. The van der Waals surface area contributed by atoms with Gasteiger partial charge in [0.25, 0.3) is 5.56 Å². The lowest BCUT2D eigenvalue weighted by Crippen LogP contribution is -2.17. The third-order valence-corrected chi connectivity index (χ3v) is 3.89. The number of hydrogen-bond donors (Lipinski definition) is 1. The van der Waals surface area contributed by atoms with Gasteiger partial charge in [-0.05, 0) is 32.4 Å². The van der Waals surface area contributed by atoms with Gasteiger partial charge < -0.3 is 4.57 Å². The first kappa shape index (κ1) is 16.0. The molecule has 124 valence electrons. The van der Waals surface area contributed by atoms with Crippen LogP contribution in [0.4, 0.5) is 0 Å². The second-order valence-corrected chi connectivity index (χ2v) is 5.82. The molecule has 0 saturated heterocycles. The first-order valence-electron chi connectivity index (χ1n) is 7.99. The minimum Gasteiger partial charge on any atom is -0.337 e. The van der Waals surface area contributed by atoms with Gasteiger partial charge in [-0.3, -0.25) is 14.9 Å². The van der Waals surface area contributed by atoms with Crippen LogP contribution in [0.25, 0.3) is 5.69 Å². The summed E-state index contributed by atoms with van der Waals surface area (Å²) in [6.07, 6.45) is 8.07. The molecule has 0 bridgehead atoms. The van der Waals surface area contributed by atoms with Crippen molar-refractivity contribution < 1.29 is 0 Å². The van der Waals surface area contributed by atoms with E-state index in [1.807, 2.05) is 48.9 Å². The first-order valence-corrected chi connectivity index (χ1v) is 7.99. The molecule has 24 heavy (non-hydrogen) atoms.